The molecule has 0 N–H and O–H groups in total. The van der Waals surface area contributed by atoms with Gasteiger partial charge in [0.25, 0.3) is 5.79 Å². The van der Waals surface area contributed by atoms with E-state index in [0.29, 0.717) is 14.9 Å². The Morgan fingerprint density at radius 2 is 1.78 bits per heavy atom. The van der Waals surface area contributed by atoms with Gasteiger partial charge in [-0.3, -0.25) is 9.59 Å². The van der Waals surface area contributed by atoms with Crippen LogP contribution in [0.3, 0.4) is 0 Å². The zero-order valence-corrected chi connectivity index (χ0v) is 12.8. The molecule has 1 aromatic rings. The van der Waals surface area contributed by atoms with Crippen molar-refractivity contribution in [3.63, 3.8) is 0 Å². The van der Waals surface area contributed by atoms with Gasteiger partial charge in [0, 0.05) is 25.8 Å². The van der Waals surface area contributed by atoms with Crippen LogP contribution in [0.25, 0.3) is 0 Å². The molecule has 1 aliphatic heterocycles. The number of cyclic esters (lactones) is 2. The lowest BCUT2D eigenvalue weighted by Gasteiger charge is -2.32. The summed E-state index contributed by atoms with van der Waals surface area (Å²) in [7, 11) is 0. The van der Waals surface area contributed by atoms with Crippen LogP contribution >= 0.6 is 31.9 Å². The predicted octanol–water partition coefficient (Wildman–Crippen LogP) is 2.80. The van der Waals surface area contributed by atoms with Gasteiger partial charge < -0.3 is 13.9 Å². The van der Waals surface area contributed by atoms with Gasteiger partial charge in [-0.25, -0.2) is 0 Å². The second-order valence-corrected chi connectivity index (χ2v) is 5.85. The van der Waals surface area contributed by atoms with Gasteiger partial charge in [0.15, 0.2) is 15.3 Å². The van der Waals surface area contributed by atoms with E-state index in [4.69, 9.17) is 13.9 Å². The Bertz CT molecular complexity index is 486. The Kier molecular flexibility index (Phi) is 3.55. The lowest BCUT2D eigenvalue weighted by molar-refractivity contribution is -0.239. The number of rotatable bonds is 2. The minimum atomic E-state index is -1.20. The molecule has 0 bridgehead atoms. The summed E-state index contributed by atoms with van der Waals surface area (Å²) in [6.45, 7) is 3.03. The fraction of sp³-hybridized carbons (Fsp3) is 0.455. The van der Waals surface area contributed by atoms with E-state index in [9.17, 15) is 9.59 Å². The van der Waals surface area contributed by atoms with Crippen LogP contribution in [0.2, 0.25) is 0 Å². The molecule has 2 rings (SSSR count). The Hall–Kier alpha value is -0.820. The van der Waals surface area contributed by atoms with Crippen molar-refractivity contribution in [1.82, 2.24) is 0 Å². The third kappa shape index (κ3) is 2.77. The Balaban J connectivity index is 2.17. The number of carbonyl (C=O) groups is 2. The zero-order valence-electron chi connectivity index (χ0n) is 9.66. The number of hydrogen-bond donors (Lipinski definition) is 0. The molecule has 1 aliphatic rings. The summed E-state index contributed by atoms with van der Waals surface area (Å²) in [6.07, 6.45) is 0.170. The van der Waals surface area contributed by atoms with Crippen molar-refractivity contribution in [1.29, 1.82) is 0 Å². The molecule has 0 saturated carbocycles. The number of esters is 2. The van der Waals surface area contributed by atoms with Crippen molar-refractivity contribution < 1.29 is 23.5 Å². The average molecular weight is 382 g/mol. The van der Waals surface area contributed by atoms with Crippen molar-refractivity contribution >= 4 is 43.8 Å². The molecule has 7 heteroatoms. The smallest absolute Gasteiger partial charge is 0.323 e. The monoisotopic (exact) mass is 380 g/mol. The molecule has 2 heterocycles. The maximum absolute atomic E-state index is 11.8. The van der Waals surface area contributed by atoms with Crippen LogP contribution in [0.4, 0.5) is 0 Å². The first-order valence-electron chi connectivity index (χ1n) is 5.18. The molecule has 0 aliphatic carbocycles. The second-order valence-electron chi connectivity index (χ2n) is 4.35. The summed E-state index contributed by atoms with van der Waals surface area (Å²) in [4.78, 5) is 23.5. The standard InChI is InChI=1S/C11H10Br2O5/c1-11(2)17-9(14)6(10(15)18-11)3-5-4-7(12)16-8(5)13/h4,6H,3H2,1-2H3. The summed E-state index contributed by atoms with van der Waals surface area (Å²) in [5, 5.41) is 0. The number of halogens is 2. The van der Waals surface area contributed by atoms with Crippen LogP contribution in [0, 0.1) is 5.92 Å². The highest BCUT2D eigenvalue weighted by Gasteiger charge is 2.43. The average Bonchev–Trinajstić information content (AvgIpc) is 2.49. The molecule has 1 saturated heterocycles. The lowest BCUT2D eigenvalue weighted by Crippen LogP contribution is -2.46. The molecule has 1 aromatic heterocycles. The van der Waals surface area contributed by atoms with Crippen molar-refractivity contribution in [2.45, 2.75) is 26.1 Å². The van der Waals surface area contributed by atoms with Gasteiger partial charge in [-0.05, 0) is 37.9 Å². The summed E-state index contributed by atoms with van der Waals surface area (Å²) < 4.78 is 16.3. The minimum Gasteiger partial charge on any atom is -0.442 e. The molecule has 0 amide bonds. The minimum absolute atomic E-state index is 0.170. The third-order valence-corrected chi connectivity index (χ3v) is 3.48. The van der Waals surface area contributed by atoms with E-state index in [0.717, 1.165) is 0 Å². The third-order valence-electron chi connectivity index (χ3n) is 2.41. The van der Waals surface area contributed by atoms with Crippen molar-refractivity contribution in [3.8, 4) is 0 Å². The maximum Gasteiger partial charge on any atom is 0.323 e. The van der Waals surface area contributed by atoms with Crippen molar-refractivity contribution in [2.24, 2.45) is 5.92 Å². The van der Waals surface area contributed by atoms with E-state index in [1.807, 2.05) is 0 Å². The Labute approximate surface area is 120 Å². The second kappa shape index (κ2) is 4.70. The number of hydrogen-bond acceptors (Lipinski definition) is 5. The first-order valence-corrected chi connectivity index (χ1v) is 6.76. The van der Waals surface area contributed by atoms with Gasteiger partial charge in [0.05, 0.1) is 0 Å². The SMILES string of the molecule is CC1(C)OC(=O)C(Cc2cc(Br)oc2Br)C(=O)O1. The molecular formula is C11H10Br2O5. The van der Waals surface area contributed by atoms with Crippen LogP contribution in [0.1, 0.15) is 19.4 Å². The molecular weight excluding hydrogens is 372 g/mol. The molecule has 5 nitrogen and oxygen atoms in total. The van der Waals surface area contributed by atoms with Gasteiger partial charge in [0.1, 0.15) is 0 Å². The highest BCUT2D eigenvalue weighted by molar-refractivity contribution is 9.11. The quantitative estimate of drug-likeness (QED) is 0.582. The summed E-state index contributed by atoms with van der Waals surface area (Å²) in [6, 6.07) is 1.68. The fourth-order valence-corrected chi connectivity index (χ4v) is 2.75. The number of furan rings is 1. The normalized spacial score (nSPS) is 19.6. The summed E-state index contributed by atoms with van der Waals surface area (Å²) >= 11 is 6.37. The fourth-order valence-electron chi connectivity index (χ4n) is 1.64. The van der Waals surface area contributed by atoms with Gasteiger partial charge in [0.2, 0.25) is 0 Å². The zero-order chi connectivity index (χ0) is 13.5. The predicted molar refractivity (Wildman–Crippen MR) is 67.6 cm³/mol. The van der Waals surface area contributed by atoms with E-state index in [2.05, 4.69) is 31.9 Å². The van der Waals surface area contributed by atoms with Crippen LogP contribution in [0.15, 0.2) is 19.8 Å². The first-order chi connectivity index (χ1) is 8.28. The highest BCUT2D eigenvalue weighted by atomic mass is 79.9. The van der Waals surface area contributed by atoms with E-state index in [-0.39, 0.29) is 6.42 Å². The molecule has 18 heavy (non-hydrogen) atoms. The molecule has 1 fully saturated rings. The van der Waals surface area contributed by atoms with E-state index in [1.54, 1.807) is 6.07 Å². The molecule has 0 spiro atoms. The lowest BCUT2D eigenvalue weighted by atomic mass is 10.0. The van der Waals surface area contributed by atoms with Gasteiger partial charge in [-0.15, -0.1) is 0 Å². The van der Waals surface area contributed by atoms with Crippen molar-refractivity contribution in [3.05, 3.63) is 21.0 Å². The van der Waals surface area contributed by atoms with Gasteiger partial charge >= 0.3 is 11.9 Å². The number of carbonyl (C=O) groups excluding carboxylic acids is 2. The molecule has 0 unspecified atom stereocenters. The Morgan fingerprint density at radius 1 is 1.22 bits per heavy atom. The van der Waals surface area contributed by atoms with Crippen LogP contribution in [0.5, 0.6) is 0 Å². The van der Waals surface area contributed by atoms with Crippen LogP contribution in [-0.4, -0.2) is 17.7 Å². The summed E-state index contributed by atoms with van der Waals surface area (Å²) in [5.74, 6) is -3.32. The van der Waals surface area contributed by atoms with Crippen molar-refractivity contribution in [2.75, 3.05) is 0 Å². The topological polar surface area (TPSA) is 65.7 Å². The van der Waals surface area contributed by atoms with E-state index >= 15 is 0 Å². The summed E-state index contributed by atoms with van der Waals surface area (Å²) in [5.41, 5.74) is 0.695. The van der Waals surface area contributed by atoms with Crippen LogP contribution < -0.4 is 0 Å². The van der Waals surface area contributed by atoms with E-state index in [1.165, 1.54) is 13.8 Å². The van der Waals surface area contributed by atoms with E-state index < -0.39 is 23.6 Å². The van der Waals surface area contributed by atoms with Crippen LogP contribution in [-0.2, 0) is 25.5 Å². The van der Waals surface area contributed by atoms with Gasteiger partial charge in [-0.2, -0.15) is 0 Å². The Morgan fingerprint density at radius 3 is 2.22 bits per heavy atom. The van der Waals surface area contributed by atoms with Gasteiger partial charge in [-0.1, -0.05) is 0 Å². The molecule has 0 aromatic carbocycles. The first kappa shape index (κ1) is 13.6. The highest BCUT2D eigenvalue weighted by Crippen LogP contribution is 2.31. The molecule has 98 valence electrons. The maximum atomic E-state index is 11.8. The molecule has 0 atom stereocenters. The molecule has 0 radical (unpaired) electrons. The number of ether oxygens (including phenoxy) is 2. The largest absolute Gasteiger partial charge is 0.442 e.